The quantitative estimate of drug-likeness (QED) is 0.693. The lowest BCUT2D eigenvalue weighted by molar-refractivity contribution is -0.00879. The van der Waals surface area contributed by atoms with Crippen LogP contribution in [0.15, 0.2) is 0 Å². The van der Waals surface area contributed by atoms with Crippen LogP contribution in [0.3, 0.4) is 0 Å². The SMILES string of the molecule is CCCCCCC1(N2CCN(C)CC2)CCN(C)CC1. The van der Waals surface area contributed by atoms with Crippen molar-refractivity contribution in [3.05, 3.63) is 0 Å². The van der Waals surface area contributed by atoms with Gasteiger partial charge in [-0.25, -0.2) is 0 Å². The van der Waals surface area contributed by atoms with Crippen molar-refractivity contribution < 1.29 is 0 Å². The number of unbranched alkanes of at least 4 members (excludes halogenated alkanes) is 3. The van der Waals surface area contributed by atoms with Gasteiger partial charge in [0.1, 0.15) is 0 Å². The fourth-order valence-corrected chi connectivity index (χ4v) is 3.92. The van der Waals surface area contributed by atoms with E-state index < -0.39 is 0 Å². The Hall–Kier alpha value is -0.120. The van der Waals surface area contributed by atoms with E-state index in [1.807, 2.05) is 0 Å². The van der Waals surface area contributed by atoms with Crippen LogP contribution in [0.5, 0.6) is 0 Å². The Morgan fingerprint density at radius 3 is 1.95 bits per heavy atom. The number of hydrogen-bond donors (Lipinski definition) is 0. The smallest absolute Gasteiger partial charge is 0.0235 e. The molecule has 2 aliphatic heterocycles. The van der Waals surface area contributed by atoms with Crippen LogP contribution >= 0.6 is 0 Å². The van der Waals surface area contributed by atoms with Crippen molar-refractivity contribution >= 4 is 0 Å². The van der Waals surface area contributed by atoms with Crippen LogP contribution in [0.2, 0.25) is 0 Å². The Balaban J connectivity index is 1.92. The van der Waals surface area contributed by atoms with E-state index in [0.29, 0.717) is 5.54 Å². The molecule has 20 heavy (non-hydrogen) atoms. The van der Waals surface area contributed by atoms with Gasteiger partial charge in [0.2, 0.25) is 0 Å². The zero-order valence-electron chi connectivity index (χ0n) is 14.0. The first-order chi connectivity index (χ1) is 9.66. The molecule has 3 heteroatoms. The van der Waals surface area contributed by atoms with Crippen LogP contribution in [0.25, 0.3) is 0 Å². The first-order valence-electron chi connectivity index (χ1n) is 8.78. The van der Waals surface area contributed by atoms with Crippen LogP contribution in [-0.4, -0.2) is 73.6 Å². The molecule has 0 aromatic carbocycles. The molecule has 0 saturated carbocycles. The molecule has 2 rings (SSSR count). The molecule has 0 aromatic heterocycles. The molecule has 0 atom stereocenters. The summed E-state index contributed by atoms with van der Waals surface area (Å²) in [5.74, 6) is 0. The van der Waals surface area contributed by atoms with E-state index in [4.69, 9.17) is 0 Å². The first kappa shape index (κ1) is 16.3. The molecule has 2 aliphatic rings. The number of piperazine rings is 1. The van der Waals surface area contributed by atoms with Gasteiger partial charge in [0, 0.05) is 31.7 Å². The predicted octanol–water partition coefficient (Wildman–Crippen LogP) is 2.67. The number of piperidine rings is 1. The number of likely N-dealkylation sites (tertiary alicyclic amines) is 1. The van der Waals surface area contributed by atoms with Crippen molar-refractivity contribution in [2.75, 3.05) is 53.4 Å². The Kier molecular flexibility index (Phi) is 6.31. The average Bonchev–Trinajstić information content (AvgIpc) is 2.47. The highest BCUT2D eigenvalue weighted by Gasteiger charge is 2.39. The van der Waals surface area contributed by atoms with Gasteiger partial charge in [-0.3, -0.25) is 4.90 Å². The zero-order valence-corrected chi connectivity index (χ0v) is 14.0. The molecule has 3 nitrogen and oxygen atoms in total. The zero-order chi connectivity index (χ0) is 14.4. The number of rotatable bonds is 6. The largest absolute Gasteiger partial charge is 0.306 e. The maximum Gasteiger partial charge on any atom is 0.0235 e. The standard InChI is InChI=1S/C17H35N3/c1-4-5-6-7-8-17(9-11-18(2)12-10-17)20-15-13-19(3)14-16-20/h4-16H2,1-3H3. The van der Waals surface area contributed by atoms with Gasteiger partial charge >= 0.3 is 0 Å². The molecule has 118 valence electrons. The van der Waals surface area contributed by atoms with Crippen LogP contribution in [0.1, 0.15) is 51.9 Å². The number of nitrogens with zero attached hydrogens (tertiary/aromatic N) is 3. The van der Waals surface area contributed by atoms with Crippen LogP contribution < -0.4 is 0 Å². The molecule has 0 unspecified atom stereocenters. The summed E-state index contributed by atoms with van der Waals surface area (Å²) in [6.45, 7) is 9.98. The molecular weight excluding hydrogens is 246 g/mol. The van der Waals surface area contributed by atoms with E-state index in [2.05, 4.69) is 35.7 Å². The molecule has 0 N–H and O–H groups in total. The molecule has 2 heterocycles. The van der Waals surface area contributed by atoms with E-state index in [9.17, 15) is 0 Å². The van der Waals surface area contributed by atoms with Gasteiger partial charge in [0.05, 0.1) is 0 Å². The summed E-state index contributed by atoms with van der Waals surface area (Å²) in [5.41, 5.74) is 0.529. The van der Waals surface area contributed by atoms with Gasteiger partial charge in [0.25, 0.3) is 0 Å². The molecular formula is C17H35N3. The average molecular weight is 281 g/mol. The summed E-state index contributed by atoms with van der Waals surface area (Å²) in [5, 5.41) is 0. The fraction of sp³-hybridized carbons (Fsp3) is 1.00. The van der Waals surface area contributed by atoms with Gasteiger partial charge in [0.15, 0.2) is 0 Å². The Morgan fingerprint density at radius 1 is 0.750 bits per heavy atom. The molecule has 2 saturated heterocycles. The third kappa shape index (κ3) is 4.19. The fourth-order valence-electron chi connectivity index (χ4n) is 3.92. The molecule has 2 fully saturated rings. The second-order valence-electron chi connectivity index (χ2n) is 7.13. The maximum absolute atomic E-state index is 2.85. The van der Waals surface area contributed by atoms with Crippen molar-refractivity contribution in [1.82, 2.24) is 14.7 Å². The Morgan fingerprint density at radius 2 is 1.35 bits per heavy atom. The topological polar surface area (TPSA) is 9.72 Å². The van der Waals surface area contributed by atoms with Gasteiger partial charge in [-0.05, 0) is 46.4 Å². The highest BCUT2D eigenvalue weighted by atomic mass is 15.3. The molecule has 0 aromatic rings. The van der Waals surface area contributed by atoms with Crippen LogP contribution in [0.4, 0.5) is 0 Å². The van der Waals surface area contributed by atoms with E-state index in [1.165, 1.54) is 84.2 Å². The van der Waals surface area contributed by atoms with Crippen molar-refractivity contribution in [2.45, 2.75) is 57.4 Å². The summed E-state index contributed by atoms with van der Waals surface area (Å²) < 4.78 is 0. The van der Waals surface area contributed by atoms with Gasteiger partial charge in [-0.1, -0.05) is 32.6 Å². The predicted molar refractivity (Wildman–Crippen MR) is 87.3 cm³/mol. The second kappa shape index (κ2) is 7.77. The molecule has 0 radical (unpaired) electrons. The summed E-state index contributed by atoms with van der Waals surface area (Å²) in [7, 11) is 4.55. The molecule has 0 amide bonds. The van der Waals surface area contributed by atoms with E-state index in [1.54, 1.807) is 0 Å². The summed E-state index contributed by atoms with van der Waals surface area (Å²) in [4.78, 5) is 7.85. The van der Waals surface area contributed by atoms with Gasteiger partial charge in [-0.2, -0.15) is 0 Å². The minimum atomic E-state index is 0.529. The monoisotopic (exact) mass is 281 g/mol. The van der Waals surface area contributed by atoms with E-state index >= 15 is 0 Å². The number of hydrogen-bond acceptors (Lipinski definition) is 3. The van der Waals surface area contributed by atoms with Gasteiger partial charge in [-0.15, -0.1) is 0 Å². The Labute approximate surface area is 126 Å². The minimum Gasteiger partial charge on any atom is -0.306 e. The van der Waals surface area contributed by atoms with Crippen molar-refractivity contribution in [1.29, 1.82) is 0 Å². The molecule has 0 aliphatic carbocycles. The molecule has 0 spiro atoms. The normalized spacial score (nSPS) is 25.9. The summed E-state index contributed by atoms with van der Waals surface area (Å²) in [6, 6.07) is 0. The highest BCUT2D eigenvalue weighted by molar-refractivity contribution is 4.96. The van der Waals surface area contributed by atoms with Crippen LogP contribution in [0, 0.1) is 0 Å². The van der Waals surface area contributed by atoms with E-state index in [-0.39, 0.29) is 0 Å². The summed E-state index contributed by atoms with van der Waals surface area (Å²) >= 11 is 0. The summed E-state index contributed by atoms with van der Waals surface area (Å²) in [6.07, 6.45) is 9.85. The van der Waals surface area contributed by atoms with E-state index in [0.717, 1.165) is 0 Å². The maximum atomic E-state index is 2.85. The first-order valence-corrected chi connectivity index (χ1v) is 8.78. The molecule has 0 bridgehead atoms. The second-order valence-corrected chi connectivity index (χ2v) is 7.13. The number of likely N-dealkylation sites (N-methyl/N-ethyl adjacent to an activating group) is 1. The lowest BCUT2D eigenvalue weighted by Crippen LogP contribution is -2.60. The van der Waals surface area contributed by atoms with Gasteiger partial charge < -0.3 is 9.80 Å². The highest BCUT2D eigenvalue weighted by Crippen LogP contribution is 2.34. The van der Waals surface area contributed by atoms with Crippen molar-refractivity contribution in [3.63, 3.8) is 0 Å². The lowest BCUT2D eigenvalue weighted by Gasteiger charge is -2.51. The van der Waals surface area contributed by atoms with Crippen LogP contribution in [-0.2, 0) is 0 Å². The lowest BCUT2D eigenvalue weighted by atomic mass is 9.80. The minimum absolute atomic E-state index is 0.529. The Bertz CT molecular complexity index is 263. The van der Waals surface area contributed by atoms with Crippen molar-refractivity contribution in [3.8, 4) is 0 Å². The third-order valence-electron chi connectivity index (χ3n) is 5.59. The third-order valence-corrected chi connectivity index (χ3v) is 5.59. The van der Waals surface area contributed by atoms with Crippen molar-refractivity contribution in [2.24, 2.45) is 0 Å².